The largest absolute Gasteiger partial charge is 0.333 e. The van der Waals surface area contributed by atoms with Gasteiger partial charge in [0.1, 0.15) is 5.82 Å². The number of carbonyl (C=O) groups excluding carboxylic acids is 1. The average molecular weight is 284 g/mol. The lowest BCUT2D eigenvalue weighted by atomic mass is 10.1. The molecule has 1 aliphatic heterocycles. The topological polar surface area (TPSA) is 46.3 Å². The van der Waals surface area contributed by atoms with Crippen LogP contribution in [0.3, 0.4) is 0 Å². The summed E-state index contributed by atoms with van der Waals surface area (Å²) in [5.74, 6) is -0.445. The first kappa shape index (κ1) is 13.8. The monoisotopic (exact) mass is 284 g/mol. The molecule has 1 aliphatic rings. The van der Waals surface area contributed by atoms with Crippen molar-refractivity contribution >= 4 is 5.91 Å². The van der Waals surface area contributed by atoms with E-state index in [0.717, 1.165) is 11.1 Å². The standard InChI is InChI=1S/C17H17FN2O/c18-15-8-4-3-5-12(15)9-16(19)17(21)20-10-13-6-1-2-7-14(13)11-20/h1-8,16H,9-11,19H2/t16-/m1/s1. The SMILES string of the molecule is N[C@H](Cc1ccccc1F)C(=O)N1Cc2ccccc2C1. The summed E-state index contributed by atoms with van der Waals surface area (Å²) >= 11 is 0. The zero-order valence-corrected chi connectivity index (χ0v) is 11.6. The lowest BCUT2D eigenvalue weighted by molar-refractivity contribution is -0.133. The van der Waals surface area contributed by atoms with Gasteiger partial charge < -0.3 is 10.6 Å². The molecule has 1 atom stereocenters. The minimum Gasteiger partial charge on any atom is -0.333 e. The van der Waals surface area contributed by atoms with E-state index in [4.69, 9.17) is 5.73 Å². The van der Waals surface area contributed by atoms with Gasteiger partial charge in [0, 0.05) is 13.1 Å². The fourth-order valence-electron chi connectivity index (χ4n) is 2.71. The molecular weight excluding hydrogens is 267 g/mol. The van der Waals surface area contributed by atoms with E-state index in [1.165, 1.54) is 6.07 Å². The maximum atomic E-state index is 13.6. The van der Waals surface area contributed by atoms with E-state index in [9.17, 15) is 9.18 Å². The molecule has 3 rings (SSSR count). The average Bonchev–Trinajstić information content (AvgIpc) is 2.92. The molecule has 2 N–H and O–H groups in total. The third-order valence-corrected chi connectivity index (χ3v) is 3.87. The van der Waals surface area contributed by atoms with Crippen LogP contribution in [0.2, 0.25) is 0 Å². The van der Waals surface area contributed by atoms with Gasteiger partial charge in [0.25, 0.3) is 0 Å². The van der Waals surface area contributed by atoms with Crippen molar-refractivity contribution in [2.75, 3.05) is 0 Å². The highest BCUT2D eigenvalue weighted by Crippen LogP contribution is 2.23. The molecule has 0 unspecified atom stereocenters. The molecule has 3 nitrogen and oxygen atoms in total. The molecule has 0 fully saturated rings. The Morgan fingerprint density at radius 1 is 1.10 bits per heavy atom. The number of nitrogens with zero attached hydrogens (tertiary/aromatic N) is 1. The Bertz CT molecular complexity index is 646. The lowest BCUT2D eigenvalue weighted by Crippen LogP contribution is -2.42. The Labute approximate surface area is 123 Å². The smallest absolute Gasteiger partial charge is 0.240 e. The van der Waals surface area contributed by atoms with Crippen molar-refractivity contribution in [1.29, 1.82) is 0 Å². The van der Waals surface area contributed by atoms with Crippen LogP contribution in [-0.2, 0) is 24.3 Å². The molecule has 21 heavy (non-hydrogen) atoms. The van der Waals surface area contributed by atoms with Gasteiger partial charge in [0.05, 0.1) is 6.04 Å². The Kier molecular flexibility index (Phi) is 3.71. The van der Waals surface area contributed by atoms with Gasteiger partial charge in [-0.25, -0.2) is 4.39 Å². The zero-order valence-electron chi connectivity index (χ0n) is 11.6. The van der Waals surface area contributed by atoms with E-state index < -0.39 is 6.04 Å². The predicted octanol–water partition coefficient (Wildman–Crippen LogP) is 2.24. The molecule has 1 heterocycles. The van der Waals surface area contributed by atoms with Crippen LogP contribution in [0.1, 0.15) is 16.7 Å². The molecular formula is C17H17FN2O. The van der Waals surface area contributed by atoms with Crippen LogP contribution in [0.15, 0.2) is 48.5 Å². The van der Waals surface area contributed by atoms with Crippen LogP contribution >= 0.6 is 0 Å². The number of benzene rings is 2. The first-order chi connectivity index (χ1) is 10.1. The second-order valence-electron chi connectivity index (χ2n) is 5.37. The second kappa shape index (κ2) is 5.66. The number of hydrogen-bond donors (Lipinski definition) is 1. The second-order valence-corrected chi connectivity index (χ2v) is 5.37. The van der Waals surface area contributed by atoms with Crippen molar-refractivity contribution in [3.8, 4) is 0 Å². The zero-order chi connectivity index (χ0) is 14.8. The van der Waals surface area contributed by atoms with Crippen molar-refractivity contribution in [3.63, 3.8) is 0 Å². The Morgan fingerprint density at radius 2 is 1.67 bits per heavy atom. The fraction of sp³-hybridized carbons (Fsp3) is 0.235. The highest BCUT2D eigenvalue weighted by atomic mass is 19.1. The number of nitrogens with two attached hydrogens (primary N) is 1. The van der Waals surface area contributed by atoms with Crippen molar-refractivity contribution in [2.24, 2.45) is 5.73 Å². The maximum absolute atomic E-state index is 13.6. The molecule has 0 aliphatic carbocycles. The molecule has 0 saturated heterocycles. The Hall–Kier alpha value is -2.20. The van der Waals surface area contributed by atoms with E-state index in [1.54, 1.807) is 23.1 Å². The van der Waals surface area contributed by atoms with E-state index in [0.29, 0.717) is 18.7 Å². The highest BCUT2D eigenvalue weighted by Gasteiger charge is 2.27. The number of rotatable bonds is 3. The molecule has 2 aromatic rings. The van der Waals surface area contributed by atoms with Crippen molar-refractivity contribution in [1.82, 2.24) is 4.90 Å². The lowest BCUT2D eigenvalue weighted by Gasteiger charge is -2.20. The summed E-state index contributed by atoms with van der Waals surface area (Å²) in [5.41, 5.74) is 8.77. The molecule has 1 amide bonds. The molecule has 0 aromatic heterocycles. The summed E-state index contributed by atoms with van der Waals surface area (Å²) in [6, 6.07) is 13.7. The van der Waals surface area contributed by atoms with Crippen LogP contribution in [0.5, 0.6) is 0 Å². The summed E-state index contributed by atoms with van der Waals surface area (Å²) in [5, 5.41) is 0. The normalized spacial score (nSPS) is 14.9. The first-order valence-corrected chi connectivity index (χ1v) is 6.99. The van der Waals surface area contributed by atoms with Crippen molar-refractivity contribution < 1.29 is 9.18 Å². The number of halogens is 1. The summed E-state index contributed by atoms with van der Waals surface area (Å²) in [4.78, 5) is 14.1. The highest BCUT2D eigenvalue weighted by molar-refractivity contribution is 5.82. The molecule has 0 radical (unpaired) electrons. The molecule has 0 saturated carbocycles. The summed E-state index contributed by atoms with van der Waals surface area (Å²) in [7, 11) is 0. The number of hydrogen-bond acceptors (Lipinski definition) is 2. The Balaban J connectivity index is 1.68. The van der Waals surface area contributed by atoms with Crippen LogP contribution in [0.25, 0.3) is 0 Å². The minimum atomic E-state index is -0.712. The maximum Gasteiger partial charge on any atom is 0.240 e. The number of carbonyl (C=O) groups is 1. The van der Waals surface area contributed by atoms with Crippen LogP contribution < -0.4 is 5.73 Å². The summed E-state index contributed by atoms with van der Waals surface area (Å²) < 4.78 is 13.6. The van der Waals surface area contributed by atoms with Gasteiger partial charge in [0.2, 0.25) is 5.91 Å². The molecule has 0 bridgehead atoms. The minimum absolute atomic E-state index is 0.130. The quantitative estimate of drug-likeness (QED) is 0.939. The third-order valence-electron chi connectivity index (χ3n) is 3.87. The van der Waals surface area contributed by atoms with Crippen molar-refractivity contribution in [2.45, 2.75) is 25.6 Å². The Morgan fingerprint density at radius 3 is 2.29 bits per heavy atom. The van der Waals surface area contributed by atoms with E-state index in [2.05, 4.69) is 0 Å². The molecule has 0 spiro atoms. The number of amides is 1. The van der Waals surface area contributed by atoms with Gasteiger partial charge in [-0.2, -0.15) is 0 Å². The first-order valence-electron chi connectivity index (χ1n) is 6.99. The fourth-order valence-corrected chi connectivity index (χ4v) is 2.71. The van der Waals surface area contributed by atoms with Gasteiger partial charge in [-0.3, -0.25) is 4.79 Å². The van der Waals surface area contributed by atoms with E-state index in [-0.39, 0.29) is 18.1 Å². The van der Waals surface area contributed by atoms with Gasteiger partial charge in [-0.15, -0.1) is 0 Å². The van der Waals surface area contributed by atoms with Gasteiger partial charge in [0.15, 0.2) is 0 Å². The van der Waals surface area contributed by atoms with Crippen LogP contribution in [0.4, 0.5) is 4.39 Å². The summed E-state index contributed by atoms with van der Waals surface area (Å²) in [6.07, 6.45) is 0.221. The van der Waals surface area contributed by atoms with E-state index in [1.807, 2.05) is 24.3 Å². The van der Waals surface area contributed by atoms with E-state index >= 15 is 0 Å². The number of fused-ring (bicyclic) bond motifs is 1. The summed E-state index contributed by atoms with van der Waals surface area (Å²) in [6.45, 7) is 1.17. The third kappa shape index (κ3) is 2.81. The molecule has 4 heteroatoms. The van der Waals surface area contributed by atoms with Crippen LogP contribution in [-0.4, -0.2) is 16.8 Å². The van der Waals surface area contributed by atoms with Gasteiger partial charge in [-0.05, 0) is 29.2 Å². The van der Waals surface area contributed by atoms with Gasteiger partial charge >= 0.3 is 0 Å². The molecule has 108 valence electrons. The molecule has 2 aromatic carbocycles. The van der Waals surface area contributed by atoms with Crippen LogP contribution in [0, 0.1) is 5.82 Å². The van der Waals surface area contributed by atoms with Gasteiger partial charge in [-0.1, -0.05) is 42.5 Å². The van der Waals surface area contributed by atoms with Crippen molar-refractivity contribution in [3.05, 3.63) is 71.0 Å². The predicted molar refractivity (Wildman–Crippen MR) is 78.8 cm³/mol.